The first-order valence-corrected chi connectivity index (χ1v) is 7.74. The van der Waals surface area contributed by atoms with E-state index in [1.54, 1.807) is 24.3 Å². The van der Waals surface area contributed by atoms with Crippen LogP contribution in [0.3, 0.4) is 0 Å². The summed E-state index contributed by atoms with van der Waals surface area (Å²) in [5.41, 5.74) is 1.02. The maximum atomic E-state index is 6.27. The molecule has 1 N–H and O–H groups in total. The lowest BCUT2D eigenvalue weighted by Crippen LogP contribution is -2.21. The Kier molecular flexibility index (Phi) is 5.77. The molecular weight excluding hydrogens is 329 g/mol. The van der Waals surface area contributed by atoms with Crippen LogP contribution in [0.1, 0.15) is 19.4 Å². The zero-order valence-electron chi connectivity index (χ0n) is 11.8. The number of hydrogen-bond donors (Lipinski definition) is 1. The highest BCUT2D eigenvalue weighted by molar-refractivity contribution is 6.42. The summed E-state index contributed by atoms with van der Waals surface area (Å²) in [6, 6.07) is 11.2. The van der Waals surface area contributed by atoms with Gasteiger partial charge in [0.2, 0.25) is 0 Å². The molecule has 0 aliphatic carbocycles. The highest BCUT2D eigenvalue weighted by atomic mass is 35.5. The zero-order chi connectivity index (χ0) is 15.4. The van der Waals surface area contributed by atoms with Gasteiger partial charge in [0.05, 0.1) is 5.02 Å². The molecule has 2 aromatic carbocycles. The molecule has 0 fully saturated rings. The van der Waals surface area contributed by atoms with Crippen LogP contribution < -0.4 is 10.1 Å². The first-order chi connectivity index (χ1) is 9.97. The average molecular weight is 345 g/mol. The van der Waals surface area contributed by atoms with E-state index in [4.69, 9.17) is 39.5 Å². The van der Waals surface area contributed by atoms with Gasteiger partial charge in [-0.25, -0.2) is 0 Å². The van der Waals surface area contributed by atoms with Crippen molar-refractivity contribution >= 4 is 34.8 Å². The Labute approximate surface area is 140 Å². The van der Waals surface area contributed by atoms with Gasteiger partial charge in [0.1, 0.15) is 16.5 Å². The van der Waals surface area contributed by atoms with Crippen molar-refractivity contribution in [2.75, 3.05) is 0 Å². The molecule has 5 heteroatoms. The fraction of sp³-hybridized carbons (Fsp3) is 0.250. The molecule has 0 amide bonds. The van der Waals surface area contributed by atoms with Crippen LogP contribution in [-0.4, -0.2) is 6.04 Å². The van der Waals surface area contributed by atoms with E-state index < -0.39 is 0 Å². The average Bonchev–Trinajstić information content (AvgIpc) is 2.43. The van der Waals surface area contributed by atoms with E-state index in [1.807, 2.05) is 12.1 Å². The minimum absolute atomic E-state index is 0.390. The van der Waals surface area contributed by atoms with Crippen LogP contribution in [0.15, 0.2) is 36.4 Å². The third-order valence-electron chi connectivity index (χ3n) is 2.87. The number of halogens is 3. The standard InChI is InChI=1S/C16H16Cl3NO/c1-10(2)20-9-11-6-7-12(8-14(11)18)21-15-5-3-4-13(17)16(15)19/h3-8,10,20H,9H2,1-2H3. The number of benzene rings is 2. The first kappa shape index (κ1) is 16.4. The van der Waals surface area contributed by atoms with Crippen LogP contribution in [0.25, 0.3) is 0 Å². The van der Waals surface area contributed by atoms with E-state index in [0.29, 0.717) is 39.2 Å². The van der Waals surface area contributed by atoms with Crippen molar-refractivity contribution in [3.8, 4) is 11.5 Å². The smallest absolute Gasteiger partial charge is 0.147 e. The van der Waals surface area contributed by atoms with Crippen molar-refractivity contribution in [1.82, 2.24) is 5.32 Å². The second-order valence-corrected chi connectivity index (χ2v) is 6.14. The molecule has 0 spiro atoms. The topological polar surface area (TPSA) is 21.3 Å². The van der Waals surface area contributed by atoms with Gasteiger partial charge >= 0.3 is 0 Å². The maximum absolute atomic E-state index is 6.27. The zero-order valence-corrected chi connectivity index (χ0v) is 14.1. The van der Waals surface area contributed by atoms with Crippen LogP contribution >= 0.6 is 34.8 Å². The summed E-state index contributed by atoms with van der Waals surface area (Å²) in [5.74, 6) is 1.13. The minimum atomic E-state index is 0.390. The Bertz CT molecular complexity index is 629. The molecule has 0 saturated carbocycles. The Morgan fingerprint density at radius 3 is 2.48 bits per heavy atom. The molecule has 0 radical (unpaired) electrons. The van der Waals surface area contributed by atoms with E-state index in [-0.39, 0.29) is 0 Å². The lowest BCUT2D eigenvalue weighted by atomic mass is 10.2. The summed E-state index contributed by atoms with van der Waals surface area (Å²) in [7, 11) is 0. The summed E-state index contributed by atoms with van der Waals surface area (Å²) in [6.45, 7) is 4.90. The Balaban J connectivity index is 2.15. The third kappa shape index (κ3) is 4.52. The maximum Gasteiger partial charge on any atom is 0.147 e. The lowest BCUT2D eigenvalue weighted by Gasteiger charge is -2.12. The van der Waals surface area contributed by atoms with Gasteiger partial charge in [0, 0.05) is 17.6 Å². The van der Waals surface area contributed by atoms with Gasteiger partial charge in [-0.3, -0.25) is 0 Å². The second kappa shape index (κ2) is 7.37. The largest absolute Gasteiger partial charge is 0.456 e. The van der Waals surface area contributed by atoms with E-state index in [2.05, 4.69) is 19.2 Å². The predicted octanol–water partition coefficient (Wildman–Crippen LogP) is 5.94. The quantitative estimate of drug-likeness (QED) is 0.725. The molecule has 0 aromatic heterocycles. The summed E-state index contributed by atoms with van der Waals surface area (Å²) < 4.78 is 5.73. The van der Waals surface area contributed by atoms with Gasteiger partial charge in [-0.2, -0.15) is 0 Å². The van der Waals surface area contributed by atoms with Crippen molar-refractivity contribution in [3.63, 3.8) is 0 Å². The van der Waals surface area contributed by atoms with Crippen molar-refractivity contribution < 1.29 is 4.74 Å². The van der Waals surface area contributed by atoms with Crippen LogP contribution in [-0.2, 0) is 6.54 Å². The monoisotopic (exact) mass is 343 g/mol. The summed E-state index contributed by atoms with van der Waals surface area (Å²) >= 11 is 18.3. The van der Waals surface area contributed by atoms with E-state index in [0.717, 1.165) is 5.56 Å². The van der Waals surface area contributed by atoms with Crippen molar-refractivity contribution in [2.24, 2.45) is 0 Å². The SMILES string of the molecule is CC(C)NCc1ccc(Oc2cccc(Cl)c2Cl)cc1Cl. The molecule has 0 atom stereocenters. The molecule has 0 heterocycles. The summed E-state index contributed by atoms with van der Waals surface area (Å²) in [4.78, 5) is 0. The molecule has 2 aromatic rings. The molecule has 2 nitrogen and oxygen atoms in total. The predicted molar refractivity (Wildman–Crippen MR) is 90.0 cm³/mol. The lowest BCUT2D eigenvalue weighted by molar-refractivity contribution is 0.482. The van der Waals surface area contributed by atoms with Gasteiger partial charge < -0.3 is 10.1 Å². The molecular formula is C16H16Cl3NO. The molecule has 0 aliphatic rings. The minimum Gasteiger partial charge on any atom is -0.456 e. The highest BCUT2D eigenvalue weighted by Crippen LogP contribution is 2.35. The fourth-order valence-electron chi connectivity index (χ4n) is 1.74. The van der Waals surface area contributed by atoms with Crippen molar-refractivity contribution in [1.29, 1.82) is 0 Å². The molecule has 21 heavy (non-hydrogen) atoms. The van der Waals surface area contributed by atoms with Gasteiger partial charge in [-0.15, -0.1) is 0 Å². The molecule has 0 unspecified atom stereocenters. The Hall–Kier alpha value is -0.930. The van der Waals surface area contributed by atoms with Gasteiger partial charge in [-0.05, 0) is 29.8 Å². The van der Waals surface area contributed by atoms with Crippen molar-refractivity contribution in [2.45, 2.75) is 26.4 Å². The molecule has 0 aliphatic heterocycles. The Morgan fingerprint density at radius 1 is 1.05 bits per heavy atom. The number of rotatable bonds is 5. The first-order valence-electron chi connectivity index (χ1n) is 6.61. The molecule has 0 bridgehead atoms. The third-order valence-corrected chi connectivity index (χ3v) is 4.02. The van der Waals surface area contributed by atoms with Crippen molar-refractivity contribution in [3.05, 3.63) is 57.0 Å². The second-order valence-electron chi connectivity index (χ2n) is 4.94. The highest BCUT2D eigenvalue weighted by Gasteiger charge is 2.08. The van der Waals surface area contributed by atoms with Crippen LogP contribution in [0.5, 0.6) is 11.5 Å². The van der Waals surface area contributed by atoms with Gasteiger partial charge in [0.25, 0.3) is 0 Å². The number of nitrogens with one attached hydrogen (secondary N) is 1. The van der Waals surface area contributed by atoms with E-state index in [9.17, 15) is 0 Å². The van der Waals surface area contributed by atoms with Crippen LogP contribution in [0, 0.1) is 0 Å². The van der Waals surface area contributed by atoms with Gasteiger partial charge in [-0.1, -0.05) is 60.8 Å². The summed E-state index contributed by atoms with van der Waals surface area (Å²) in [6.07, 6.45) is 0. The number of hydrogen-bond acceptors (Lipinski definition) is 2. The van der Waals surface area contributed by atoms with Crippen LogP contribution in [0.4, 0.5) is 0 Å². The number of ether oxygens (including phenoxy) is 1. The molecule has 112 valence electrons. The normalized spacial score (nSPS) is 11.0. The fourth-order valence-corrected chi connectivity index (χ4v) is 2.31. The molecule has 0 saturated heterocycles. The van der Waals surface area contributed by atoms with Gasteiger partial charge in [0.15, 0.2) is 0 Å². The van der Waals surface area contributed by atoms with E-state index in [1.165, 1.54) is 0 Å². The Morgan fingerprint density at radius 2 is 1.81 bits per heavy atom. The summed E-state index contributed by atoms with van der Waals surface area (Å²) in [5, 5.41) is 4.82. The molecule has 2 rings (SSSR count). The van der Waals surface area contributed by atoms with Crippen LogP contribution in [0.2, 0.25) is 15.1 Å². The van der Waals surface area contributed by atoms with E-state index >= 15 is 0 Å².